The fourth-order valence-electron chi connectivity index (χ4n) is 1.60. The second-order valence-corrected chi connectivity index (χ2v) is 4.00. The lowest BCUT2D eigenvalue weighted by Gasteiger charge is -2.03. The minimum atomic E-state index is 0.479. The maximum atomic E-state index is 5.53. The molecule has 1 N–H and O–H groups in total. The Labute approximate surface area is 113 Å². The van der Waals surface area contributed by atoms with Gasteiger partial charge >= 0.3 is 0 Å². The van der Waals surface area contributed by atoms with Gasteiger partial charge in [-0.1, -0.05) is 36.4 Å². The van der Waals surface area contributed by atoms with Crippen molar-refractivity contribution in [1.29, 1.82) is 0 Å². The van der Waals surface area contributed by atoms with Gasteiger partial charge < -0.3 is 10.1 Å². The Morgan fingerprint density at radius 1 is 1.21 bits per heavy atom. The highest BCUT2D eigenvalue weighted by atomic mass is 16.5. The van der Waals surface area contributed by atoms with Gasteiger partial charge in [0.25, 0.3) is 0 Å². The van der Waals surface area contributed by atoms with E-state index in [2.05, 4.69) is 15.3 Å². The Morgan fingerprint density at radius 3 is 2.84 bits per heavy atom. The van der Waals surface area contributed by atoms with Crippen LogP contribution in [0.2, 0.25) is 0 Å². The molecule has 0 saturated heterocycles. The molecule has 4 heteroatoms. The normalized spacial score (nSPS) is 10.8. The molecule has 98 valence electrons. The van der Waals surface area contributed by atoms with Crippen LogP contribution < -0.4 is 10.1 Å². The summed E-state index contributed by atoms with van der Waals surface area (Å²) in [4.78, 5) is 8.41. The predicted octanol–water partition coefficient (Wildman–Crippen LogP) is 2.29. The molecular weight excluding hydrogens is 238 g/mol. The maximum Gasteiger partial charge on any atom is 0.232 e. The zero-order valence-corrected chi connectivity index (χ0v) is 10.9. The smallest absolute Gasteiger partial charge is 0.232 e. The third-order valence-corrected chi connectivity index (χ3v) is 2.46. The van der Waals surface area contributed by atoms with E-state index in [4.69, 9.17) is 4.74 Å². The Balaban J connectivity index is 1.85. The SMILES string of the molecule is CNCc1cncc(OCC=Cc2ccccc2)n1. The van der Waals surface area contributed by atoms with Crippen molar-refractivity contribution >= 4 is 6.08 Å². The van der Waals surface area contributed by atoms with Crippen LogP contribution in [-0.2, 0) is 6.54 Å². The number of benzene rings is 1. The van der Waals surface area contributed by atoms with Gasteiger partial charge in [-0.05, 0) is 18.7 Å². The monoisotopic (exact) mass is 255 g/mol. The molecule has 2 aromatic rings. The van der Waals surface area contributed by atoms with Crippen molar-refractivity contribution in [2.45, 2.75) is 6.54 Å². The van der Waals surface area contributed by atoms with Gasteiger partial charge in [0.2, 0.25) is 5.88 Å². The summed E-state index contributed by atoms with van der Waals surface area (Å²) < 4.78 is 5.53. The fraction of sp³-hybridized carbons (Fsp3) is 0.200. The largest absolute Gasteiger partial charge is 0.472 e. The van der Waals surface area contributed by atoms with Gasteiger partial charge in [0.15, 0.2) is 0 Å². The summed E-state index contributed by atoms with van der Waals surface area (Å²) in [6.45, 7) is 1.16. The lowest BCUT2D eigenvalue weighted by atomic mass is 10.2. The molecule has 0 bridgehead atoms. The number of hydrogen-bond donors (Lipinski definition) is 1. The molecule has 19 heavy (non-hydrogen) atoms. The van der Waals surface area contributed by atoms with Crippen molar-refractivity contribution in [2.24, 2.45) is 0 Å². The topological polar surface area (TPSA) is 47.0 Å². The van der Waals surface area contributed by atoms with Crippen molar-refractivity contribution in [3.63, 3.8) is 0 Å². The van der Waals surface area contributed by atoms with Gasteiger partial charge in [0, 0.05) is 12.7 Å². The quantitative estimate of drug-likeness (QED) is 0.860. The number of rotatable bonds is 6. The highest BCUT2D eigenvalue weighted by molar-refractivity contribution is 5.48. The van der Waals surface area contributed by atoms with Crippen LogP contribution >= 0.6 is 0 Å². The van der Waals surface area contributed by atoms with Gasteiger partial charge in [-0.3, -0.25) is 4.98 Å². The van der Waals surface area contributed by atoms with Gasteiger partial charge in [-0.2, -0.15) is 0 Å². The van der Waals surface area contributed by atoms with Crippen LogP contribution in [0.5, 0.6) is 5.88 Å². The Morgan fingerprint density at radius 2 is 2.05 bits per heavy atom. The third-order valence-electron chi connectivity index (χ3n) is 2.46. The highest BCUT2D eigenvalue weighted by Gasteiger charge is 1.97. The van der Waals surface area contributed by atoms with E-state index in [1.807, 2.05) is 49.5 Å². The molecule has 0 radical (unpaired) electrons. The standard InChI is InChI=1S/C15H17N3O/c1-16-10-14-11-17-12-15(18-14)19-9-5-8-13-6-3-2-4-7-13/h2-8,11-12,16H,9-10H2,1H3. The van der Waals surface area contributed by atoms with Crippen molar-refractivity contribution in [2.75, 3.05) is 13.7 Å². The summed E-state index contributed by atoms with van der Waals surface area (Å²) >= 11 is 0. The molecule has 1 heterocycles. The van der Waals surface area contributed by atoms with E-state index in [1.54, 1.807) is 12.4 Å². The lowest BCUT2D eigenvalue weighted by molar-refractivity contribution is 0.345. The average molecular weight is 255 g/mol. The zero-order valence-electron chi connectivity index (χ0n) is 10.9. The van der Waals surface area contributed by atoms with E-state index < -0.39 is 0 Å². The number of nitrogens with zero attached hydrogens (tertiary/aromatic N) is 2. The summed E-state index contributed by atoms with van der Waals surface area (Å²) in [5.74, 6) is 0.547. The van der Waals surface area contributed by atoms with E-state index in [1.165, 1.54) is 0 Å². The molecule has 1 aromatic carbocycles. The minimum Gasteiger partial charge on any atom is -0.472 e. The van der Waals surface area contributed by atoms with E-state index in [0.29, 0.717) is 19.0 Å². The first-order valence-corrected chi connectivity index (χ1v) is 6.18. The van der Waals surface area contributed by atoms with E-state index >= 15 is 0 Å². The highest BCUT2D eigenvalue weighted by Crippen LogP contribution is 2.06. The molecule has 0 amide bonds. The lowest BCUT2D eigenvalue weighted by Crippen LogP contribution is -2.08. The third kappa shape index (κ3) is 4.52. The van der Waals surface area contributed by atoms with Gasteiger partial charge in [-0.25, -0.2) is 4.98 Å². The van der Waals surface area contributed by atoms with E-state index in [9.17, 15) is 0 Å². The van der Waals surface area contributed by atoms with Crippen LogP contribution in [-0.4, -0.2) is 23.6 Å². The zero-order chi connectivity index (χ0) is 13.3. The van der Waals surface area contributed by atoms with Crippen LogP contribution in [0.15, 0.2) is 48.8 Å². The number of ether oxygens (including phenoxy) is 1. The average Bonchev–Trinajstić information content (AvgIpc) is 2.46. The Kier molecular flexibility index (Phi) is 5.07. The van der Waals surface area contributed by atoms with Crippen molar-refractivity contribution in [1.82, 2.24) is 15.3 Å². The van der Waals surface area contributed by atoms with Crippen molar-refractivity contribution < 1.29 is 4.74 Å². The first kappa shape index (κ1) is 13.2. The summed E-state index contributed by atoms with van der Waals surface area (Å²) in [6.07, 6.45) is 7.32. The second-order valence-electron chi connectivity index (χ2n) is 4.00. The maximum absolute atomic E-state index is 5.53. The van der Waals surface area contributed by atoms with Crippen molar-refractivity contribution in [3.05, 3.63) is 60.1 Å². The summed E-state index contributed by atoms with van der Waals surface area (Å²) in [5.41, 5.74) is 2.02. The van der Waals surface area contributed by atoms with E-state index in [-0.39, 0.29) is 0 Å². The predicted molar refractivity (Wildman–Crippen MR) is 75.8 cm³/mol. The van der Waals surface area contributed by atoms with Crippen LogP contribution in [0.3, 0.4) is 0 Å². The molecular formula is C15H17N3O. The van der Waals surface area contributed by atoms with Crippen LogP contribution in [0.1, 0.15) is 11.3 Å². The summed E-state index contributed by atoms with van der Waals surface area (Å²) in [5, 5.41) is 3.03. The molecule has 0 unspecified atom stereocenters. The van der Waals surface area contributed by atoms with Gasteiger partial charge in [0.05, 0.1) is 11.9 Å². The first-order chi connectivity index (χ1) is 9.38. The molecule has 0 aliphatic rings. The van der Waals surface area contributed by atoms with Crippen LogP contribution in [0.4, 0.5) is 0 Å². The molecule has 1 aromatic heterocycles. The van der Waals surface area contributed by atoms with Crippen molar-refractivity contribution in [3.8, 4) is 5.88 Å². The molecule has 4 nitrogen and oxygen atoms in total. The molecule has 0 spiro atoms. The summed E-state index contributed by atoms with van der Waals surface area (Å²) in [6, 6.07) is 10.1. The number of nitrogens with one attached hydrogen (secondary N) is 1. The molecule has 0 aliphatic carbocycles. The molecule has 0 fully saturated rings. The van der Waals surface area contributed by atoms with Gasteiger partial charge in [-0.15, -0.1) is 0 Å². The Bertz CT molecular complexity index is 526. The molecule has 0 atom stereocenters. The second kappa shape index (κ2) is 7.28. The number of aromatic nitrogens is 2. The molecule has 0 aliphatic heterocycles. The van der Waals surface area contributed by atoms with E-state index in [0.717, 1.165) is 11.3 Å². The first-order valence-electron chi connectivity index (χ1n) is 6.18. The molecule has 0 saturated carbocycles. The van der Waals surface area contributed by atoms with Gasteiger partial charge in [0.1, 0.15) is 6.61 Å². The fourth-order valence-corrected chi connectivity index (χ4v) is 1.60. The van der Waals surface area contributed by atoms with Crippen LogP contribution in [0, 0.1) is 0 Å². The molecule has 2 rings (SSSR count). The number of hydrogen-bond acceptors (Lipinski definition) is 4. The van der Waals surface area contributed by atoms with Crippen LogP contribution in [0.25, 0.3) is 6.08 Å². The summed E-state index contributed by atoms with van der Waals surface area (Å²) in [7, 11) is 1.87. The minimum absolute atomic E-state index is 0.479. The Hall–Kier alpha value is -2.20.